The third-order valence-corrected chi connectivity index (χ3v) is 5.28. The van der Waals surface area contributed by atoms with Gasteiger partial charge in [-0.15, -0.1) is 0 Å². The number of likely N-dealkylation sites (tertiary alicyclic amines) is 1. The first kappa shape index (κ1) is 16.2. The second-order valence-corrected chi connectivity index (χ2v) is 6.76. The summed E-state index contributed by atoms with van der Waals surface area (Å²) in [4.78, 5) is 14.3. The zero-order valence-corrected chi connectivity index (χ0v) is 14.1. The molecule has 0 aliphatic carbocycles. The van der Waals surface area contributed by atoms with E-state index >= 15 is 0 Å². The van der Waals surface area contributed by atoms with Gasteiger partial charge in [-0.2, -0.15) is 0 Å². The molecule has 0 spiro atoms. The van der Waals surface area contributed by atoms with Crippen molar-refractivity contribution >= 4 is 11.0 Å². The van der Waals surface area contributed by atoms with Crippen LogP contribution in [0.4, 0.5) is 0 Å². The lowest BCUT2D eigenvalue weighted by Crippen LogP contribution is -2.46. The highest BCUT2D eigenvalue weighted by atomic mass is 16.4. The van der Waals surface area contributed by atoms with Crippen LogP contribution in [0.3, 0.4) is 0 Å². The average Bonchev–Trinajstić information content (AvgIpc) is 2.53. The molecule has 1 fully saturated rings. The number of rotatable bonds is 3. The van der Waals surface area contributed by atoms with Crippen LogP contribution in [-0.4, -0.2) is 28.7 Å². The topological polar surface area (TPSA) is 53.7 Å². The Kier molecular flexibility index (Phi) is 4.55. The number of hydrogen-bond acceptors (Lipinski definition) is 4. The van der Waals surface area contributed by atoms with Crippen LogP contribution in [0.2, 0.25) is 0 Å². The fraction of sp³-hybridized carbons (Fsp3) is 0.526. The molecule has 1 aromatic carbocycles. The number of nitrogens with zero attached hydrogens (tertiary/aromatic N) is 1. The summed E-state index contributed by atoms with van der Waals surface area (Å²) >= 11 is 0. The van der Waals surface area contributed by atoms with Gasteiger partial charge in [-0.3, -0.25) is 4.90 Å². The van der Waals surface area contributed by atoms with E-state index in [0.29, 0.717) is 18.2 Å². The Morgan fingerprint density at radius 3 is 2.83 bits per heavy atom. The minimum Gasteiger partial charge on any atom is -0.422 e. The molecule has 1 saturated heterocycles. The molecular formula is C19H25NO3. The van der Waals surface area contributed by atoms with Crippen molar-refractivity contribution < 1.29 is 9.52 Å². The molecule has 0 saturated carbocycles. The Labute approximate surface area is 136 Å². The lowest BCUT2D eigenvalue weighted by Gasteiger charge is -2.40. The van der Waals surface area contributed by atoms with Gasteiger partial charge in [-0.1, -0.05) is 18.6 Å². The number of benzene rings is 1. The number of aliphatic hydroxyl groups is 1. The van der Waals surface area contributed by atoms with Crippen molar-refractivity contribution in [1.29, 1.82) is 0 Å². The fourth-order valence-electron chi connectivity index (χ4n) is 3.67. The second-order valence-electron chi connectivity index (χ2n) is 6.76. The maximum Gasteiger partial charge on any atom is 0.336 e. The van der Waals surface area contributed by atoms with Crippen molar-refractivity contribution in [3.63, 3.8) is 0 Å². The predicted octanol–water partition coefficient (Wildman–Crippen LogP) is 3.15. The minimum absolute atomic E-state index is 0.169. The third kappa shape index (κ3) is 3.06. The maximum atomic E-state index is 12.0. The smallest absolute Gasteiger partial charge is 0.336 e. The zero-order valence-electron chi connectivity index (χ0n) is 14.1. The van der Waals surface area contributed by atoms with Gasteiger partial charge in [0.2, 0.25) is 0 Å². The first-order valence-electron chi connectivity index (χ1n) is 8.40. The molecule has 1 N–H and O–H groups in total. The van der Waals surface area contributed by atoms with E-state index in [1.54, 1.807) is 6.07 Å². The summed E-state index contributed by atoms with van der Waals surface area (Å²) in [5, 5.41) is 10.7. The molecule has 1 aliphatic rings. The average molecular weight is 315 g/mol. The van der Waals surface area contributed by atoms with Gasteiger partial charge in [-0.05, 0) is 50.3 Å². The molecule has 3 rings (SSSR count). The molecule has 4 nitrogen and oxygen atoms in total. The monoisotopic (exact) mass is 315 g/mol. The van der Waals surface area contributed by atoms with E-state index in [2.05, 4.69) is 17.9 Å². The molecule has 2 heterocycles. The van der Waals surface area contributed by atoms with Gasteiger partial charge < -0.3 is 9.52 Å². The first-order valence-corrected chi connectivity index (χ1v) is 8.40. The van der Waals surface area contributed by atoms with Gasteiger partial charge >= 0.3 is 5.63 Å². The number of hydrogen-bond donors (Lipinski definition) is 1. The van der Waals surface area contributed by atoms with Crippen molar-refractivity contribution in [3.8, 4) is 0 Å². The van der Waals surface area contributed by atoms with E-state index in [0.717, 1.165) is 41.3 Å². The fourth-order valence-corrected chi connectivity index (χ4v) is 3.67. The van der Waals surface area contributed by atoms with E-state index in [1.165, 1.54) is 0 Å². The van der Waals surface area contributed by atoms with Crippen LogP contribution in [0, 0.1) is 13.8 Å². The van der Waals surface area contributed by atoms with Gasteiger partial charge in [-0.25, -0.2) is 4.79 Å². The Morgan fingerprint density at radius 2 is 2.09 bits per heavy atom. The molecule has 2 unspecified atom stereocenters. The molecular weight excluding hydrogens is 290 g/mol. The molecule has 2 atom stereocenters. The molecule has 2 aromatic rings. The number of piperidine rings is 1. The normalized spacial score (nSPS) is 22.6. The van der Waals surface area contributed by atoms with Crippen molar-refractivity contribution in [2.45, 2.75) is 58.7 Å². The maximum absolute atomic E-state index is 12.0. The standard InChI is InChI=1S/C19H25NO3/c1-12-7-8-17-15(9-18(22)23-19(17)14(12)3)10-20-13(2)5-4-6-16(20)11-21/h7-9,13,16,21H,4-6,10-11H2,1-3H3. The molecule has 0 bridgehead atoms. The number of aliphatic hydroxyl groups excluding tert-OH is 1. The van der Waals surface area contributed by atoms with E-state index < -0.39 is 0 Å². The summed E-state index contributed by atoms with van der Waals surface area (Å²) in [6.07, 6.45) is 3.30. The zero-order chi connectivity index (χ0) is 16.6. The van der Waals surface area contributed by atoms with E-state index in [-0.39, 0.29) is 18.3 Å². The lowest BCUT2D eigenvalue weighted by atomic mass is 9.95. The SMILES string of the molecule is Cc1ccc2c(CN3C(C)CCCC3CO)cc(=O)oc2c1C. The first-order chi connectivity index (χ1) is 11.0. The summed E-state index contributed by atoms with van der Waals surface area (Å²) in [7, 11) is 0. The van der Waals surface area contributed by atoms with E-state index in [9.17, 15) is 9.90 Å². The molecule has 4 heteroatoms. The molecule has 1 aromatic heterocycles. The Bertz CT molecular complexity index is 765. The Morgan fingerprint density at radius 1 is 1.30 bits per heavy atom. The van der Waals surface area contributed by atoms with Crippen LogP contribution in [0.5, 0.6) is 0 Å². The van der Waals surface area contributed by atoms with E-state index in [4.69, 9.17) is 4.42 Å². The molecule has 0 amide bonds. The summed E-state index contributed by atoms with van der Waals surface area (Å²) in [6, 6.07) is 6.30. The van der Waals surface area contributed by atoms with Crippen molar-refractivity contribution in [2.24, 2.45) is 0 Å². The van der Waals surface area contributed by atoms with Crippen LogP contribution in [0.1, 0.15) is 42.9 Å². The predicted molar refractivity (Wildman–Crippen MR) is 91.7 cm³/mol. The highest BCUT2D eigenvalue weighted by Crippen LogP contribution is 2.28. The quantitative estimate of drug-likeness (QED) is 0.884. The van der Waals surface area contributed by atoms with Crippen LogP contribution < -0.4 is 5.63 Å². The van der Waals surface area contributed by atoms with E-state index in [1.807, 2.05) is 19.9 Å². The van der Waals surface area contributed by atoms with Crippen LogP contribution >= 0.6 is 0 Å². The van der Waals surface area contributed by atoms with Crippen LogP contribution in [0.15, 0.2) is 27.4 Å². The highest BCUT2D eigenvalue weighted by molar-refractivity contribution is 5.83. The Hall–Kier alpha value is -1.65. The third-order valence-electron chi connectivity index (χ3n) is 5.28. The Balaban J connectivity index is 2.05. The summed E-state index contributed by atoms with van der Waals surface area (Å²) < 4.78 is 5.46. The minimum atomic E-state index is -0.300. The van der Waals surface area contributed by atoms with Crippen LogP contribution in [-0.2, 0) is 6.54 Å². The van der Waals surface area contributed by atoms with Crippen molar-refractivity contribution in [2.75, 3.05) is 6.61 Å². The molecule has 0 radical (unpaired) electrons. The summed E-state index contributed by atoms with van der Waals surface area (Å²) in [5.74, 6) is 0. The van der Waals surface area contributed by atoms with Gasteiger partial charge in [0.1, 0.15) is 5.58 Å². The lowest BCUT2D eigenvalue weighted by molar-refractivity contribution is 0.0454. The van der Waals surface area contributed by atoms with Gasteiger partial charge in [0, 0.05) is 30.1 Å². The number of aryl methyl sites for hydroxylation is 2. The highest BCUT2D eigenvalue weighted by Gasteiger charge is 2.28. The summed E-state index contributed by atoms with van der Waals surface area (Å²) in [5.41, 5.74) is 3.53. The molecule has 124 valence electrons. The summed E-state index contributed by atoms with van der Waals surface area (Å²) in [6.45, 7) is 7.06. The second kappa shape index (κ2) is 6.46. The molecule has 23 heavy (non-hydrogen) atoms. The molecule has 1 aliphatic heterocycles. The van der Waals surface area contributed by atoms with Gasteiger partial charge in [0.25, 0.3) is 0 Å². The van der Waals surface area contributed by atoms with Crippen molar-refractivity contribution in [3.05, 3.63) is 45.3 Å². The van der Waals surface area contributed by atoms with Gasteiger partial charge in [0.05, 0.1) is 6.61 Å². The van der Waals surface area contributed by atoms with Gasteiger partial charge in [0.15, 0.2) is 0 Å². The van der Waals surface area contributed by atoms with Crippen LogP contribution in [0.25, 0.3) is 11.0 Å². The van der Waals surface area contributed by atoms with Crippen molar-refractivity contribution in [1.82, 2.24) is 4.90 Å². The largest absolute Gasteiger partial charge is 0.422 e. The number of fused-ring (bicyclic) bond motifs is 1.